The smallest absolute Gasteiger partial charge is 0.278 e. The number of rotatable bonds is 2. The van der Waals surface area contributed by atoms with E-state index < -0.39 is 11.7 Å². The van der Waals surface area contributed by atoms with Gasteiger partial charge in [0.2, 0.25) is 0 Å². The number of allylic oxidation sites excluding steroid dienone is 1. The van der Waals surface area contributed by atoms with Crippen LogP contribution in [0.4, 0.5) is 24.5 Å². The summed E-state index contributed by atoms with van der Waals surface area (Å²) in [7, 11) is 0. The molecule has 0 spiro atoms. The molecule has 26 heavy (non-hydrogen) atoms. The van der Waals surface area contributed by atoms with Crippen LogP contribution >= 0.6 is 11.8 Å². The van der Waals surface area contributed by atoms with Crippen LogP contribution in [0.5, 0.6) is 0 Å². The SMILES string of the molecule is O=C1C(=Nc2cccc(C(F)(F)F)c2)c2ccccc2N1C1=CSCC1. The fourth-order valence-electron chi connectivity index (χ4n) is 3.02. The Hall–Kier alpha value is -2.54. The summed E-state index contributed by atoms with van der Waals surface area (Å²) in [5.41, 5.74) is 1.73. The van der Waals surface area contributed by atoms with Crippen LogP contribution in [0.3, 0.4) is 0 Å². The van der Waals surface area contributed by atoms with Crippen LogP contribution in [-0.4, -0.2) is 17.4 Å². The third-order valence-electron chi connectivity index (χ3n) is 4.20. The van der Waals surface area contributed by atoms with Gasteiger partial charge in [0, 0.05) is 17.0 Å². The van der Waals surface area contributed by atoms with Gasteiger partial charge in [-0.3, -0.25) is 9.69 Å². The van der Waals surface area contributed by atoms with Crippen LogP contribution < -0.4 is 4.90 Å². The number of fused-ring (bicyclic) bond motifs is 1. The Morgan fingerprint density at radius 2 is 1.88 bits per heavy atom. The molecule has 2 heterocycles. The van der Waals surface area contributed by atoms with Crippen LogP contribution in [0, 0.1) is 0 Å². The predicted molar refractivity (Wildman–Crippen MR) is 96.7 cm³/mol. The monoisotopic (exact) mass is 374 g/mol. The number of amides is 1. The van der Waals surface area contributed by atoms with Crippen molar-refractivity contribution in [3.05, 3.63) is 70.8 Å². The number of para-hydroxylation sites is 1. The van der Waals surface area contributed by atoms with Crippen LogP contribution in [0.15, 0.2) is 64.6 Å². The second kappa shape index (κ2) is 6.32. The average molecular weight is 374 g/mol. The molecule has 0 aromatic heterocycles. The van der Waals surface area contributed by atoms with Gasteiger partial charge >= 0.3 is 6.18 Å². The highest BCUT2D eigenvalue weighted by molar-refractivity contribution is 8.02. The maximum atomic E-state index is 13.0. The van der Waals surface area contributed by atoms with Gasteiger partial charge in [0.15, 0.2) is 0 Å². The van der Waals surface area contributed by atoms with Gasteiger partial charge in [-0.05, 0) is 36.1 Å². The van der Waals surface area contributed by atoms with Crippen LogP contribution in [0.1, 0.15) is 17.5 Å². The molecule has 1 amide bonds. The molecule has 4 rings (SSSR count). The summed E-state index contributed by atoms with van der Waals surface area (Å²) in [4.78, 5) is 18.8. The summed E-state index contributed by atoms with van der Waals surface area (Å²) >= 11 is 1.63. The quantitative estimate of drug-likeness (QED) is 0.728. The molecule has 0 radical (unpaired) electrons. The Morgan fingerprint density at radius 1 is 1.08 bits per heavy atom. The van der Waals surface area contributed by atoms with Crippen LogP contribution in [-0.2, 0) is 11.0 Å². The molecule has 0 N–H and O–H groups in total. The molecule has 0 atom stereocenters. The number of thioether (sulfide) groups is 1. The molecule has 7 heteroatoms. The number of anilines is 1. The minimum atomic E-state index is -4.45. The zero-order valence-corrected chi connectivity index (χ0v) is 14.3. The van der Waals surface area contributed by atoms with E-state index in [2.05, 4.69) is 4.99 Å². The Labute approximate surface area is 152 Å². The molecule has 0 unspecified atom stereocenters. The second-order valence-corrected chi connectivity index (χ2v) is 6.87. The number of alkyl halides is 3. The third kappa shape index (κ3) is 2.92. The summed E-state index contributed by atoms with van der Waals surface area (Å²) < 4.78 is 38.8. The second-order valence-electron chi connectivity index (χ2n) is 5.90. The van der Waals surface area contributed by atoms with Gasteiger partial charge < -0.3 is 0 Å². The van der Waals surface area contributed by atoms with E-state index in [1.807, 2.05) is 17.5 Å². The average Bonchev–Trinajstić information content (AvgIpc) is 3.22. The maximum absolute atomic E-state index is 13.0. The first kappa shape index (κ1) is 16.9. The molecular weight excluding hydrogens is 361 g/mol. The van der Waals surface area contributed by atoms with Crippen molar-refractivity contribution in [2.24, 2.45) is 4.99 Å². The lowest BCUT2D eigenvalue weighted by Crippen LogP contribution is -2.28. The van der Waals surface area contributed by atoms with Gasteiger partial charge in [-0.1, -0.05) is 24.3 Å². The topological polar surface area (TPSA) is 32.7 Å². The number of halogens is 3. The first-order valence-electron chi connectivity index (χ1n) is 7.95. The van der Waals surface area contributed by atoms with Crippen molar-refractivity contribution in [3.8, 4) is 0 Å². The zero-order valence-electron chi connectivity index (χ0n) is 13.5. The molecule has 3 nitrogen and oxygen atoms in total. The Balaban J connectivity index is 1.80. The molecule has 2 aromatic carbocycles. The highest BCUT2D eigenvalue weighted by Gasteiger charge is 2.36. The van der Waals surface area contributed by atoms with E-state index in [1.165, 1.54) is 12.1 Å². The Morgan fingerprint density at radius 3 is 2.62 bits per heavy atom. The third-order valence-corrected chi connectivity index (χ3v) is 5.08. The predicted octanol–water partition coefficient (Wildman–Crippen LogP) is 5.15. The molecule has 2 aromatic rings. The van der Waals surface area contributed by atoms with E-state index in [0.717, 1.165) is 35.7 Å². The van der Waals surface area contributed by atoms with Crippen molar-refractivity contribution in [1.82, 2.24) is 0 Å². The van der Waals surface area contributed by atoms with Crippen molar-refractivity contribution in [1.29, 1.82) is 0 Å². The molecule has 132 valence electrons. The summed E-state index contributed by atoms with van der Waals surface area (Å²) in [6.45, 7) is 0. The minimum absolute atomic E-state index is 0.106. The number of hydrogen-bond acceptors (Lipinski definition) is 3. The van der Waals surface area contributed by atoms with Crippen molar-refractivity contribution < 1.29 is 18.0 Å². The first-order valence-corrected chi connectivity index (χ1v) is 9.00. The van der Waals surface area contributed by atoms with Gasteiger partial charge in [0.25, 0.3) is 5.91 Å². The first-order chi connectivity index (χ1) is 12.4. The lowest BCUT2D eigenvalue weighted by molar-refractivity contribution is -0.137. The highest BCUT2D eigenvalue weighted by atomic mass is 32.2. The number of carbonyl (C=O) groups is 1. The molecule has 0 saturated heterocycles. The van der Waals surface area contributed by atoms with Gasteiger partial charge in [0.1, 0.15) is 5.71 Å². The Kier molecular flexibility index (Phi) is 4.11. The molecule has 0 aliphatic carbocycles. The largest absolute Gasteiger partial charge is 0.416 e. The fourth-order valence-corrected chi connectivity index (χ4v) is 3.88. The van der Waals surface area contributed by atoms with Gasteiger partial charge in [-0.15, -0.1) is 11.8 Å². The van der Waals surface area contributed by atoms with E-state index >= 15 is 0 Å². The van der Waals surface area contributed by atoms with Gasteiger partial charge in [-0.2, -0.15) is 13.2 Å². The molecule has 2 aliphatic heterocycles. The van der Waals surface area contributed by atoms with Crippen molar-refractivity contribution in [2.75, 3.05) is 10.7 Å². The summed E-state index contributed by atoms with van der Waals surface area (Å²) in [6.07, 6.45) is -3.69. The number of nitrogens with zero attached hydrogens (tertiary/aromatic N) is 2. The summed E-state index contributed by atoms with van der Waals surface area (Å²) in [5.74, 6) is 0.596. The standard InChI is InChI=1S/C19H13F3N2OS/c20-19(21,22)12-4-3-5-13(10-12)23-17-15-6-1-2-7-16(15)24(18(17)25)14-8-9-26-11-14/h1-7,10-11H,8-9H2. The number of carbonyl (C=O) groups excluding carboxylic acids is 1. The summed E-state index contributed by atoms with van der Waals surface area (Å²) in [6, 6.07) is 11.9. The lowest BCUT2D eigenvalue weighted by atomic mass is 10.1. The number of aliphatic imine (C=N–C) groups is 1. The normalized spacial score (nSPS) is 18.4. The van der Waals surface area contributed by atoms with E-state index in [1.54, 1.807) is 28.8 Å². The molecule has 0 bridgehead atoms. The Bertz CT molecular complexity index is 950. The molecular formula is C19H13F3N2OS. The van der Waals surface area contributed by atoms with Crippen LogP contribution in [0.2, 0.25) is 0 Å². The van der Waals surface area contributed by atoms with Crippen molar-refractivity contribution in [3.63, 3.8) is 0 Å². The molecule has 2 aliphatic rings. The van der Waals surface area contributed by atoms with Gasteiger partial charge in [-0.25, -0.2) is 4.99 Å². The maximum Gasteiger partial charge on any atom is 0.416 e. The van der Waals surface area contributed by atoms with E-state index in [0.29, 0.717) is 5.56 Å². The van der Waals surface area contributed by atoms with Crippen LogP contribution in [0.25, 0.3) is 0 Å². The molecule has 0 saturated carbocycles. The van der Waals surface area contributed by atoms with Crippen molar-refractivity contribution in [2.45, 2.75) is 12.6 Å². The molecule has 0 fully saturated rings. The number of benzene rings is 2. The number of hydrogen-bond donors (Lipinski definition) is 0. The highest BCUT2D eigenvalue weighted by Crippen LogP contribution is 2.38. The minimum Gasteiger partial charge on any atom is -0.278 e. The lowest BCUT2D eigenvalue weighted by Gasteiger charge is -2.17. The van der Waals surface area contributed by atoms with E-state index in [-0.39, 0.29) is 17.3 Å². The van der Waals surface area contributed by atoms with E-state index in [9.17, 15) is 18.0 Å². The van der Waals surface area contributed by atoms with Gasteiger partial charge in [0.05, 0.1) is 16.9 Å². The zero-order chi connectivity index (χ0) is 18.3. The summed E-state index contributed by atoms with van der Waals surface area (Å²) in [5, 5.41) is 1.95. The van der Waals surface area contributed by atoms with Crippen molar-refractivity contribution >= 4 is 34.8 Å². The van der Waals surface area contributed by atoms with E-state index in [4.69, 9.17) is 0 Å². The fraction of sp³-hybridized carbons (Fsp3) is 0.158.